The lowest BCUT2D eigenvalue weighted by Crippen LogP contribution is -2.35. The first kappa shape index (κ1) is 18.3. The molecule has 6 nitrogen and oxygen atoms in total. The number of nitrogens with zero attached hydrogens (tertiary/aromatic N) is 4. The first-order valence-corrected chi connectivity index (χ1v) is 11.4. The Morgan fingerprint density at radius 1 is 1.15 bits per heavy atom. The Labute approximate surface area is 163 Å². The van der Waals surface area contributed by atoms with E-state index >= 15 is 0 Å². The van der Waals surface area contributed by atoms with Gasteiger partial charge in [-0.1, -0.05) is 36.4 Å². The van der Waals surface area contributed by atoms with Crippen molar-refractivity contribution >= 4 is 21.4 Å². The molecule has 3 heterocycles. The summed E-state index contributed by atoms with van der Waals surface area (Å²) in [7, 11) is -3.39. The first-order valence-electron chi connectivity index (χ1n) is 9.10. The van der Waals surface area contributed by atoms with E-state index in [1.807, 2.05) is 28.1 Å². The summed E-state index contributed by atoms with van der Waals surface area (Å²) >= 11 is 1.28. The van der Waals surface area contributed by atoms with Gasteiger partial charge in [0, 0.05) is 19.0 Å². The van der Waals surface area contributed by atoms with E-state index in [1.165, 1.54) is 16.9 Å². The second-order valence-corrected chi connectivity index (χ2v) is 9.81. The molecule has 4 rings (SSSR count). The van der Waals surface area contributed by atoms with E-state index in [0.29, 0.717) is 17.2 Å². The van der Waals surface area contributed by atoms with Crippen LogP contribution in [0, 0.1) is 0 Å². The van der Waals surface area contributed by atoms with Gasteiger partial charge < -0.3 is 4.57 Å². The number of benzene rings is 1. The quantitative estimate of drug-likeness (QED) is 0.609. The largest absolute Gasteiger partial charge is 0.313 e. The van der Waals surface area contributed by atoms with E-state index in [1.54, 1.807) is 22.8 Å². The molecule has 0 aliphatic carbocycles. The number of aromatic nitrogens is 3. The summed E-state index contributed by atoms with van der Waals surface area (Å²) in [5, 5.41) is 10.1. The monoisotopic (exact) mass is 402 g/mol. The van der Waals surface area contributed by atoms with Crippen LogP contribution in [0.5, 0.6) is 0 Å². The molecule has 3 aromatic rings. The van der Waals surface area contributed by atoms with Crippen LogP contribution in [0.1, 0.15) is 30.7 Å². The molecule has 1 aliphatic rings. The third kappa shape index (κ3) is 3.97. The third-order valence-electron chi connectivity index (χ3n) is 4.97. The molecule has 8 heteroatoms. The van der Waals surface area contributed by atoms with Gasteiger partial charge in [-0.15, -0.1) is 21.5 Å². The summed E-state index contributed by atoms with van der Waals surface area (Å²) in [5.41, 5.74) is 1.20. The van der Waals surface area contributed by atoms with Gasteiger partial charge in [-0.2, -0.15) is 4.31 Å². The summed E-state index contributed by atoms with van der Waals surface area (Å²) < 4.78 is 29.9. The summed E-state index contributed by atoms with van der Waals surface area (Å²) in [6.07, 6.45) is 5.03. The average molecular weight is 403 g/mol. The fraction of sp³-hybridized carbons (Fsp3) is 0.368. The Hall–Kier alpha value is -2.03. The highest BCUT2D eigenvalue weighted by Gasteiger charge is 2.35. The minimum Gasteiger partial charge on any atom is -0.313 e. The van der Waals surface area contributed by atoms with Gasteiger partial charge in [0.05, 0.1) is 6.54 Å². The van der Waals surface area contributed by atoms with Gasteiger partial charge >= 0.3 is 0 Å². The Morgan fingerprint density at radius 2 is 2.00 bits per heavy atom. The zero-order chi connectivity index (χ0) is 18.7. The fourth-order valence-electron chi connectivity index (χ4n) is 3.62. The van der Waals surface area contributed by atoms with E-state index in [2.05, 4.69) is 22.3 Å². The van der Waals surface area contributed by atoms with Gasteiger partial charge in [0.1, 0.15) is 16.4 Å². The van der Waals surface area contributed by atoms with Crippen LogP contribution in [0.25, 0.3) is 0 Å². The maximum absolute atomic E-state index is 12.9. The lowest BCUT2D eigenvalue weighted by Gasteiger charge is -2.23. The number of hydrogen-bond donors (Lipinski definition) is 0. The Balaban J connectivity index is 1.44. The van der Waals surface area contributed by atoms with Crippen molar-refractivity contribution in [2.45, 2.75) is 42.5 Å². The lowest BCUT2D eigenvalue weighted by molar-refractivity contribution is 0.368. The van der Waals surface area contributed by atoms with Crippen molar-refractivity contribution in [3.63, 3.8) is 0 Å². The van der Waals surface area contributed by atoms with Crippen LogP contribution < -0.4 is 0 Å². The molecule has 27 heavy (non-hydrogen) atoms. The minimum absolute atomic E-state index is 0.0268. The smallest absolute Gasteiger partial charge is 0.252 e. The molecule has 1 saturated heterocycles. The van der Waals surface area contributed by atoms with Crippen LogP contribution in [0.4, 0.5) is 0 Å². The third-order valence-corrected chi connectivity index (χ3v) is 8.30. The van der Waals surface area contributed by atoms with Crippen molar-refractivity contribution in [2.75, 3.05) is 6.54 Å². The number of hydrogen-bond acceptors (Lipinski definition) is 5. The number of sulfonamides is 1. The maximum Gasteiger partial charge on any atom is 0.252 e. The molecule has 1 unspecified atom stereocenters. The highest BCUT2D eigenvalue weighted by molar-refractivity contribution is 7.91. The second-order valence-electron chi connectivity index (χ2n) is 6.74. The van der Waals surface area contributed by atoms with E-state index in [4.69, 9.17) is 0 Å². The molecule has 0 spiro atoms. The van der Waals surface area contributed by atoms with Crippen LogP contribution in [-0.2, 0) is 23.0 Å². The van der Waals surface area contributed by atoms with Crippen molar-refractivity contribution in [1.29, 1.82) is 0 Å². The van der Waals surface area contributed by atoms with Gasteiger partial charge in [-0.3, -0.25) is 0 Å². The van der Waals surface area contributed by atoms with Gasteiger partial charge in [-0.25, -0.2) is 8.42 Å². The van der Waals surface area contributed by atoms with E-state index < -0.39 is 10.0 Å². The lowest BCUT2D eigenvalue weighted by atomic mass is 10.1. The summed E-state index contributed by atoms with van der Waals surface area (Å²) in [6, 6.07) is 13.7. The SMILES string of the molecule is O=S(=O)(c1cccs1)N1CCCC1CCc1nncn1Cc1ccccc1. The van der Waals surface area contributed by atoms with Crippen LogP contribution >= 0.6 is 11.3 Å². The molecule has 0 bridgehead atoms. The molecular weight excluding hydrogens is 380 g/mol. The van der Waals surface area contributed by atoms with Crippen molar-refractivity contribution < 1.29 is 8.42 Å². The summed E-state index contributed by atoms with van der Waals surface area (Å²) in [6.45, 7) is 1.33. The van der Waals surface area contributed by atoms with Crippen molar-refractivity contribution in [3.05, 3.63) is 65.6 Å². The van der Waals surface area contributed by atoms with Gasteiger partial charge in [-0.05, 0) is 36.3 Å². The topological polar surface area (TPSA) is 68.1 Å². The molecule has 1 aromatic carbocycles. The standard InChI is InChI=1S/C19H22N4O2S2/c24-27(25,19-9-5-13-26-19)23-12-4-8-17(23)10-11-18-21-20-15-22(18)14-16-6-2-1-3-7-16/h1-3,5-7,9,13,15,17H,4,8,10-12,14H2. The highest BCUT2D eigenvalue weighted by atomic mass is 32.2. The van der Waals surface area contributed by atoms with Crippen LogP contribution in [0.2, 0.25) is 0 Å². The van der Waals surface area contributed by atoms with Gasteiger partial charge in [0.25, 0.3) is 10.0 Å². The molecule has 1 fully saturated rings. The van der Waals surface area contributed by atoms with Crippen LogP contribution in [0.3, 0.4) is 0 Å². The summed E-state index contributed by atoms with van der Waals surface area (Å²) in [5.74, 6) is 0.902. The second kappa shape index (κ2) is 7.92. The molecule has 0 saturated carbocycles. The maximum atomic E-state index is 12.9. The van der Waals surface area contributed by atoms with Gasteiger partial charge in [0.2, 0.25) is 0 Å². The van der Waals surface area contributed by atoms with E-state index in [9.17, 15) is 8.42 Å². The normalized spacial score (nSPS) is 18.1. The molecule has 1 atom stereocenters. The molecule has 1 aliphatic heterocycles. The number of thiophene rings is 1. The summed E-state index contributed by atoms with van der Waals surface area (Å²) in [4.78, 5) is 0. The molecule has 0 amide bonds. The Kier molecular flexibility index (Phi) is 5.38. The van der Waals surface area contributed by atoms with Crippen molar-refractivity contribution in [2.24, 2.45) is 0 Å². The zero-order valence-electron chi connectivity index (χ0n) is 14.9. The van der Waals surface area contributed by atoms with Crippen LogP contribution in [0.15, 0.2) is 58.4 Å². The first-order chi connectivity index (χ1) is 13.1. The van der Waals surface area contributed by atoms with Crippen molar-refractivity contribution in [1.82, 2.24) is 19.1 Å². The highest BCUT2D eigenvalue weighted by Crippen LogP contribution is 2.30. The molecule has 2 aromatic heterocycles. The van der Waals surface area contributed by atoms with E-state index in [0.717, 1.165) is 31.6 Å². The Morgan fingerprint density at radius 3 is 2.78 bits per heavy atom. The molecule has 0 radical (unpaired) electrons. The molecule has 142 valence electrons. The minimum atomic E-state index is -3.39. The van der Waals surface area contributed by atoms with Crippen LogP contribution in [-0.4, -0.2) is 40.1 Å². The fourth-order valence-corrected chi connectivity index (χ4v) is 6.46. The number of rotatable bonds is 7. The molecular formula is C19H22N4O2S2. The van der Waals surface area contributed by atoms with Gasteiger partial charge in [0.15, 0.2) is 0 Å². The number of aryl methyl sites for hydroxylation is 1. The average Bonchev–Trinajstić information content (AvgIpc) is 3.43. The molecule has 0 N–H and O–H groups in total. The predicted molar refractivity (Wildman–Crippen MR) is 105 cm³/mol. The van der Waals surface area contributed by atoms with Crippen molar-refractivity contribution in [3.8, 4) is 0 Å². The van der Waals surface area contributed by atoms with E-state index in [-0.39, 0.29) is 6.04 Å². The Bertz CT molecular complexity index is 968. The zero-order valence-corrected chi connectivity index (χ0v) is 16.6. The predicted octanol–water partition coefficient (Wildman–Crippen LogP) is 3.17.